The van der Waals surface area contributed by atoms with E-state index in [1.165, 1.54) is 18.4 Å². The summed E-state index contributed by atoms with van der Waals surface area (Å²) in [5, 5.41) is 9.70. The van der Waals surface area contributed by atoms with Crippen molar-refractivity contribution in [2.75, 3.05) is 0 Å². The van der Waals surface area contributed by atoms with Gasteiger partial charge in [0.25, 0.3) is 0 Å². The Labute approximate surface area is 79.4 Å². The van der Waals surface area contributed by atoms with Crippen LogP contribution in [0.2, 0.25) is 0 Å². The number of phenolic OH excluding ortho intramolecular Hbond substituents is 1. The van der Waals surface area contributed by atoms with Gasteiger partial charge in [-0.1, -0.05) is 19.1 Å². The molecule has 1 fully saturated rings. The Bertz CT molecular complexity index is 300. The zero-order chi connectivity index (χ0) is 9.26. The van der Waals surface area contributed by atoms with Gasteiger partial charge in [0.05, 0.1) is 0 Å². The molecule has 0 radical (unpaired) electrons. The fourth-order valence-corrected chi connectivity index (χ4v) is 1.63. The van der Waals surface area contributed by atoms with Crippen LogP contribution >= 0.6 is 0 Å². The topological polar surface area (TPSA) is 20.2 Å². The predicted octanol–water partition coefficient (Wildman–Crippen LogP) is 2.91. The molecule has 1 aromatic carbocycles. The number of aryl methyl sites for hydroxylation is 1. The Kier molecular flexibility index (Phi) is 2.26. The van der Waals surface area contributed by atoms with Crippen molar-refractivity contribution in [3.8, 4) is 5.75 Å². The average molecular weight is 176 g/mol. The molecule has 0 amide bonds. The number of hydrogen-bond acceptors (Lipinski definition) is 1. The third kappa shape index (κ3) is 2.03. The van der Waals surface area contributed by atoms with Gasteiger partial charge in [0.2, 0.25) is 0 Å². The van der Waals surface area contributed by atoms with E-state index in [-0.39, 0.29) is 0 Å². The van der Waals surface area contributed by atoms with Crippen molar-refractivity contribution in [1.29, 1.82) is 0 Å². The van der Waals surface area contributed by atoms with Crippen LogP contribution in [-0.2, 0) is 12.8 Å². The molecule has 1 saturated carbocycles. The van der Waals surface area contributed by atoms with Crippen molar-refractivity contribution >= 4 is 0 Å². The van der Waals surface area contributed by atoms with E-state index in [4.69, 9.17) is 0 Å². The van der Waals surface area contributed by atoms with E-state index < -0.39 is 0 Å². The molecule has 0 aromatic heterocycles. The Morgan fingerprint density at radius 3 is 2.69 bits per heavy atom. The minimum absolute atomic E-state index is 0.492. The molecule has 2 rings (SSSR count). The lowest BCUT2D eigenvalue weighted by molar-refractivity contribution is 0.465. The van der Waals surface area contributed by atoms with Gasteiger partial charge >= 0.3 is 0 Å². The van der Waals surface area contributed by atoms with E-state index >= 15 is 0 Å². The second-order valence-electron chi connectivity index (χ2n) is 3.96. The predicted molar refractivity (Wildman–Crippen MR) is 53.9 cm³/mol. The minimum Gasteiger partial charge on any atom is -0.508 e. The summed E-state index contributed by atoms with van der Waals surface area (Å²) < 4.78 is 0. The summed E-state index contributed by atoms with van der Waals surface area (Å²) in [4.78, 5) is 0. The molecular weight excluding hydrogens is 160 g/mol. The van der Waals surface area contributed by atoms with Crippen molar-refractivity contribution in [3.63, 3.8) is 0 Å². The molecule has 1 N–H and O–H groups in total. The van der Waals surface area contributed by atoms with Crippen molar-refractivity contribution in [3.05, 3.63) is 29.3 Å². The van der Waals surface area contributed by atoms with E-state index in [0.717, 1.165) is 24.3 Å². The molecule has 0 heterocycles. The van der Waals surface area contributed by atoms with Gasteiger partial charge in [0, 0.05) is 0 Å². The van der Waals surface area contributed by atoms with Crippen LogP contribution in [0.15, 0.2) is 18.2 Å². The van der Waals surface area contributed by atoms with Crippen molar-refractivity contribution in [1.82, 2.24) is 0 Å². The van der Waals surface area contributed by atoms with E-state index in [0.29, 0.717) is 5.75 Å². The van der Waals surface area contributed by atoms with Gasteiger partial charge in [-0.05, 0) is 48.8 Å². The summed E-state index contributed by atoms with van der Waals surface area (Å²) in [5.41, 5.74) is 2.34. The molecule has 0 bridgehead atoms. The van der Waals surface area contributed by atoms with Crippen molar-refractivity contribution in [2.24, 2.45) is 5.92 Å². The van der Waals surface area contributed by atoms with Crippen molar-refractivity contribution in [2.45, 2.75) is 32.6 Å². The monoisotopic (exact) mass is 176 g/mol. The summed E-state index contributed by atoms with van der Waals surface area (Å²) in [5.74, 6) is 1.34. The number of hydrogen-bond donors (Lipinski definition) is 1. The summed E-state index contributed by atoms with van der Waals surface area (Å²) in [6, 6.07) is 6.10. The Morgan fingerprint density at radius 1 is 1.38 bits per heavy atom. The molecule has 0 unspecified atom stereocenters. The number of rotatable bonds is 3. The van der Waals surface area contributed by atoms with E-state index in [1.54, 1.807) is 0 Å². The first kappa shape index (κ1) is 8.61. The van der Waals surface area contributed by atoms with E-state index in [9.17, 15) is 5.11 Å². The SMILES string of the molecule is CCc1ccc(CC2CC2)c(O)c1. The number of aromatic hydroxyl groups is 1. The maximum Gasteiger partial charge on any atom is 0.119 e. The van der Waals surface area contributed by atoms with E-state index in [2.05, 4.69) is 19.1 Å². The van der Waals surface area contributed by atoms with Gasteiger partial charge in [0.15, 0.2) is 0 Å². The largest absolute Gasteiger partial charge is 0.508 e. The summed E-state index contributed by atoms with van der Waals surface area (Å²) >= 11 is 0. The fraction of sp³-hybridized carbons (Fsp3) is 0.500. The van der Waals surface area contributed by atoms with Crippen LogP contribution in [0.3, 0.4) is 0 Å². The van der Waals surface area contributed by atoms with Gasteiger partial charge in [-0.3, -0.25) is 0 Å². The molecule has 1 aromatic rings. The molecule has 1 nitrogen and oxygen atoms in total. The lowest BCUT2D eigenvalue weighted by Crippen LogP contribution is -1.89. The van der Waals surface area contributed by atoms with Crippen LogP contribution in [0.1, 0.15) is 30.9 Å². The van der Waals surface area contributed by atoms with Crippen LogP contribution in [0.4, 0.5) is 0 Å². The maximum atomic E-state index is 9.70. The van der Waals surface area contributed by atoms with Crippen LogP contribution in [0.25, 0.3) is 0 Å². The smallest absolute Gasteiger partial charge is 0.119 e. The number of benzene rings is 1. The highest BCUT2D eigenvalue weighted by molar-refractivity contribution is 5.37. The molecule has 13 heavy (non-hydrogen) atoms. The van der Waals surface area contributed by atoms with Gasteiger partial charge < -0.3 is 5.11 Å². The Hall–Kier alpha value is -0.980. The van der Waals surface area contributed by atoms with Gasteiger partial charge in [-0.25, -0.2) is 0 Å². The fourth-order valence-electron chi connectivity index (χ4n) is 1.63. The van der Waals surface area contributed by atoms with Gasteiger partial charge in [-0.2, -0.15) is 0 Å². The molecule has 0 aliphatic heterocycles. The summed E-state index contributed by atoms with van der Waals surface area (Å²) in [6.45, 7) is 2.11. The van der Waals surface area contributed by atoms with Crippen LogP contribution in [0, 0.1) is 5.92 Å². The van der Waals surface area contributed by atoms with E-state index in [1.807, 2.05) is 6.07 Å². The lowest BCUT2D eigenvalue weighted by Gasteiger charge is -2.05. The highest BCUT2D eigenvalue weighted by Gasteiger charge is 2.22. The summed E-state index contributed by atoms with van der Waals surface area (Å²) in [7, 11) is 0. The first-order chi connectivity index (χ1) is 6.29. The third-order valence-electron chi connectivity index (χ3n) is 2.76. The second-order valence-corrected chi connectivity index (χ2v) is 3.96. The second kappa shape index (κ2) is 3.41. The highest BCUT2D eigenvalue weighted by Crippen LogP contribution is 2.35. The molecule has 0 atom stereocenters. The first-order valence-corrected chi connectivity index (χ1v) is 5.10. The maximum absolute atomic E-state index is 9.70. The molecule has 1 aliphatic carbocycles. The normalized spacial score (nSPS) is 16.1. The molecule has 70 valence electrons. The molecule has 1 heteroatoms. The zero-order valence-electron chi connectivity index (χ0n) is 8.09. The van der Waals surface area contributed by atoms with Crippen molar-refractivity contribution < 1.29 is 5.11 Å². The van der Waals surface area contributed by atoms with Crippen LogP contribution < -0.4 is 0 Å². The summed E-state index contributed by atoms with van der Waals surface area (Å²) in [6.07, 6.45) is 4.75. The quantitative estimate of drug-likeness (QED) is 0.750. The molecule has 1 aliphatic rings. The van der Waals surface area contributed by atoms with Crippen LogP contribution in [0.5, 0.6) is 5.75 Å². The molecular formula is C12H16O. The number of phenols is 1. The average Bonchev–Trinajstić information content (AvgIpc) is 2.92. The lowest BCUT2D eigenvalue weighted by atomic mass is 10.0. The first-order valence-electron chi connectivity index (χ1n) is 5.10. The van der Waals surface area contributed by atoms with Crippen LogP contribution in [-0.4, -0.2) is 5.11 Å². The third-order valence-corrected chi connectivity index (χ3v) is 2.76. The minimum atomic E-state index is 0.492. The Balaban J connectivity index is 2.15. The molecule has 0 saturated heterocycles. The highest BCUT2D eigenvalue weighted by atomic mass is 16.3. The van der Waals surface area contributed by atoms with Gasteiger partial charge in [0.1, 0.15) is 5.75 Å². The standard InChI is InChI=1S/C12H16O/c1-2-9-5-6-11(12(13)8-9)7-10-3-4-10/h5-6,8,10,13H,2-4,7H2,1H3. The molecule has 0 spiro atoms. The Morgan fingerprint density at radius 2 is 2.15 bits per heavy atom. The van der Waals surface area contributed by atoms with Gasteiger partial charge in [-0.15, -0.1) is 0 Å². The zero-order valence-corrected chi connectivity index (χ0v) is 8.09.